The van der Waals surface area contributed by atoms with Gasteiger partial charge in [-0.05, 0) is 30.7 Å². The molecule has 0 heterocycles. The van der Waals surface area contributed by atoms with E-state index in [1.165, 1.54) is 0 Å². The summed E-state index contributed by atoms with van der Waals surface area (Å²) in [7, 11) is 1.62. The van der Waals surface area contributed by atoms with Crippen LogP contribution < -0.4 is 4.90 Å². The zero-order valence-electron chi connectivity index (χ0n) is 10.7. The molecular weight excluding hydrogens is 234 g/mol. The fourth-order valence-corrected chi connectivity index (χ4v) is 1.82. The van der Waals surface area contributed by atoms with E-state index >= 15 is 0 Å². The summed E-state index contributed by atoms with van der Waals surface area (Å²) in [6.07, 6.45) is 0. The van der Waals surface area contributed by atoms with E-state index < -0.39 is 5.97 Å². The van der Waals surface area contributed by atoms with E-state index in [4.69, 9.17) is 14.9 Å². The third-order valence-corrected chi connectivity index (χ3v) is 2.72. The smallest absolute Gasteiger partial charge is 0.335 e. The van der Waals surface area contributed by atoms with Gasteiger partial charge < -0.3 is 19.8 Å². The maximum absolute atomic E-state index is 10.9. The number of carboxylic acids is 1. The first-order valence-corrected chi connectivity index (χ1v) is 5.78. The van der Waals surface area contributed by atoms with E-state index in [0.29, 0.717) is 19.7 Å². The van der Waals surface area contributed by atoms with Gasteiger partial charge in [0.15, 0.2) is 0 Å². The lowest BCUT2D eigenvalue weighted by Gasteiger charge is -2.25. The van der Waals surface area contributed by atoms with Crippen molar-refractivity contribution in [3.63, 3.8) is 0 Å². The van der Waals surface area contributed by atoms with Gasteiger partial charge in [0, 0.05) is 25.9 Å². The minimum atomic E-state index is -0.935. The molecule has 2 N–H and O–H groups in total. The number of carboxylic acid groups (broad SMARTS) is 1. The molecule has 1 aromatic rings. The molecule has 0 spiro atoms. The van der Waals surface area contributed by atoms with Crippen LogP contribution in [0, 0.1) is 6.92 Å². The van der Waals surface area contributed by atoms with Gasteiger partial charge in [-0.2, -0.15) is 0 Å². The van der Waals surface area contributed by atoms with E-state index in [2.05, 4.69) is 0 Å². The number of hydrogen-bond acceptors (Lipinski definition) is 4. The summed E-state index contributed by atoms with van der Waals surface area (Å²) in [5.41, 5.74) is 2.07. The highest BCUT2D eigenvalue weighted by Crippen LogP contribution is 2.21. The van der Waals surface area contributed by atoms with Gasteiger partial charge in [-0.3, -0.25) is 0 Å². The first-order chi connectivity index (χ1) is 8.60. The van der Waals surface area contributed by atoms with Crippen LogP contribution in [-0.4, -0.2) is 49.6 Å². The summed E-state index contributed by atoms with van der Waals surface area (Å²) in [6, 6.07) is 4.97. The Bertz CT molecular complexity index is 406. The van der Waals surface area contributed by atoms with Gasteiger partial charge in [0.05, 0.1) is 18.8 Å². The van der Waals surface area contributed by atoms with Crippen molar-refractivity contribution >= 4 is 11.7 Å². The maximum atomic E-state index is 10.9. The highest BCUT2D eigenvalue weighted by molar-refractivity contribution is 5.88. The molecule has 0 saturated heterocycles. The summed E-state index contributed by atoms with van der Waals surface area (Å²) in [6.45, 7) is 3.61. The van der Waals surface area contributed by atoms with Crippen molar-refractivity contribution in [2.24, 2.45) is 0 Å². The minimum absolute atomic E-state index is 0.0455. The molecule has 1 rings (SSSR count). The van der Waals surface area contributed by atoms with E-state index in [0.717, 1.165) is 11.3 Å². The van der Waals surface area contributed by atoms with Crippen molar-refractivity contribution in [2.45, 2.75) is 6.92 Å². The number of nitrogens with zero attached hydrogens (tertiary/aromatic N) is 1. The molecule has 0 radical (unpaired) electrons. The Morgan fingerprint density at radius 3 is 2.61 bits per heavy atom. The number of rotatable bonds is 7. The Hall–Kier alpha value is -1.59. The number of carbonyl (C=O) groups is 1. The number of aryl methyl sites for hydroxylation is 1. The predicted octanol–water partition coefficient (Wildman–Crippen LogP) is 1.14. The van der Waals surface area contributed by atoms with Gasteiger partial charge in [-0.1, -0.05) is 0 Å². The molecular formula is C13H19NO4. The van der Waals surface area contributed by atoms with Crippen LogP contribution in [0.3, 0.4) is 0 Å². The first kappa shape index (κ1) is 14.5. The molecule has 0 saturated carbocycles. The molecule has 0 aliphatic rings. The van der Waals surface area contributed by atoms with Gasteiger partial charge in [0.1, 0.15) is 0 Å². The Morgan fingerprint density at radius 1 is 1.39 bits per heavy atom. The highest BCUT2D eigenvalue weighted by atomic mass is 16.5. The number of anilines is 1. The van der Waals surface area contributed by atoms with Gasteiger partial charge in [-0.15, -0.1) is 0 Å². The van der Waals surface area contributed by atoms with Crippen molar-refractivity contribution in [3.05, 3.63) is 29.3 Å². The number of aromatic carboxylic acids is 1. The SMILES string of the molecule is COCCN(CCO)c1ccc(C(=O)O)cc1C. The Labute approximate surface area is 107 Å². The van der Waals surface area contributed by atoms with Crippen LogP contribution in [-0.2, 0) is 4.74 Å². The zero-order valence-corrected chi connectivity index (χ0v) is 10.7. The molecule has 5 nitrogen and oxygen atoms in total. The first-order valence-electron chi connectivity index (χ1n) is 5.78. The fourth-order valence-electron chi connectivity index (χ4n) is 1.82. The molecule has 0 unspecified atom stereocenters. The molecule has 0 fully saturated rings. The van der Waals surface area contributed by atoms with Crippen LogP contribution in [0.4, 0.5) is 5.69 Å². The molecule has 0 aliphatic heterocycles. The number of hydrogen-bond donors (Lipinski definition) is 2. The van der Waals surface area contributed by atoms with Gasteiger partial charge in [-0.25, -0.2) is 4.79 Å². The van der Waals surface area contributed by atoms with Crippen molar-refractivity contribution in [3.8, 4) is 0 Å². The second-order valence-electron chi connectivity index (χ2n) is 4.01. The van der Waals surface area contributed by atoms with Crippen LogP contribution in [0.25, 0.3) is 0 Å². The van der Waals surface area contributed by atoms with E-state index in [-0.39, 0.29) is 12.2 Å². The van der Waals surface area contributed by atoms with Crippen molar-refractivity contribution in [1.82, 2.24) is 0 Å². The third kappa shape index (κ3) is 3.72. The Balaban J connectivity index is 2.93. The molecule has 18 heavy (non-hydrogen) atoms. The Morgan fingerprint density at radius 2 is 2.11 bits per heavy atom. The van der Waals surface area contributed by atoms with Crippen LogP contribution in [0.2, 0.25) is 0 Å². The molecule has 5 heteroatoms. The van der Waals surface area contributed by atoms with E-state index in [1.54, 1.807) is 25.3 Å². The lowest BCUT2D eigenvalue weighted by molar-refractivity contribution is 0.0697. The predicted molar refractivity (Wildman–Crippen MR) is 69.3 cm³/mol. The molecule has 0 aliphatic carbocycles. The monoisotopic (exact) mass is 253 g/mol. The summed E-state index contributed by atoms with van der Waals surface area (Å²) >= 11 is 0. The van der Waals surface area contributed by atoms with E-state index in [1.807, 2.05) is 11.8 Å². The lowest BCUT2D eigenvalue weighted by Crippen LogP contribution is -2.30. The molecule has 0 bridgehead atoms. The van der Waals surface area contributed by atoms with Crippen LogP contribution in [0.15, 0.2) is 18.2 Å². The molecule has 0 aromatic heterocycles. The summed E-state index contributed by atoms with van der Waals surface area (Å²) < 4.78 is 5.02. The van der Waals surface area contributed by atoms with Crippen molar-refractivity contribution in [1.29, 1.82) is 0 Å². The average molecular weight is 253 g/mol. The largest absolute Gasteiger partial charge is 0.478 e. The third-order valence-electron chi connectivity index (χ3n) is 2.72. The standard InChI is InChI=1S/C13H19NO4/c1-10-9-11(13(16)17)3-4-12(10)14(5-7-15)6-8-18-2/h3-4,9,15H,5-8H2,1-2H3,(H,16,17). The summed E-state index contributed by atoms with van der Waals surface area (Å²) in [4.78, 5) is 12.8. The summed E-state index contributed by atoms with van der Waals surface area (Å²) in [5, 5.41) is 18.0. The fraction of sp³-hybridized carbons (Fsp3) is 0.462. The molecule has 1 aromatic carbocycles. The Kier molecular flexibility index (Phi) is 5.61. The lowest BCUT2D eigenvalue weighted by atomic mass is 10.1. The van der Waals surface area contributed by atoms with E-state index in [9.17, 15) is 4.79 Å². The molecule has 0 atom stereocenters. The second kappa shape index (κ2) is 6.98. The minimum Gasteiger partial charge on any atom is -0.478 e. The van der Waals surface area contributed by atoms with Crippen LogP contribution in [0.5, 0.6) is 0 Å². The molecule has 100 valence electrons. The van der Waals surface area contributed by atoms with Crippen LogP contribution in [0.1, 0.15) is 15.9 Å². The van der Waals surface area contributed by atoms with Gasteiger partial charge >= 0.3 is 5.97 Å². The molecule has 0 amide bonds. The second-order valence-corrected chi connectivity index (χ2v) is 4.01. The summed E-state index contributed by atoms with van der Waals surface area (Å²) in [5.74, 6) is -0.935. The maximum Gasteiger partial charge on any atom is 0.335 e. The van der Waals surface area contributed by atoms with Crippen molar-refractivity contribution < 1.29 is 19.7 Å². The normalized spacial score (nSPS) is 10.4. The number of aliphatic hydroxyl groups excluding tert-OH is 1. The number of methoxy groups -OCH3 is 1. The number of ether oxygens (including phenoxy) is 1. The number of benzene rings is 1. The van der Waals surface area contributed by atoms with Gasteiger partial charge in [0.2, 0.25) is 0 Å². The topological polar surface area (TPSA) is 70.0 Å². The highest BCUT2D eigenvalue weighted by Gasteiger charge is 2.11. The number of aliphatic hydroxyl groups is 1. The zero-order chi connectivity index (χ0) is 13.5. The average Bonchev–Trinajstić information content (AvgIpc) is 2.34. The van der Waals surface area contributed by atoms with Gasteiger partial charge in [0.25, 0.3) is 0 Å². The quantitative estimate of drug-likeness (QED) is 0.762. The van der Waals surface area contributed by atoms with Crippen LogP contribution >= 0.6 is 0 Å². The van der Waals surface area contributed by atoms with Crippen molar-refractivity contribution in [2.75, 3.05) is 38.3 Å².